The summed E-state index contributed by atoms with van der Waals surface area (Å²) >= 11 is 1.23. The highest BCUT2D eigenvalue weighted by Crippen LogP contribution is 2.48. The van der Waals surface area contributed by atoms with E-state index < -0.39 is 34.3 Å². The van der Waals surface area contributed by atoms with Crippen molar-refractivity contribution >= 4 is 23.3 Å². The van der Waals surface area contributed by atoms with Crippen LogP contribution in [0, 0.1) is 12.3 Å². The number of fused-ring (bicyclic) bond motifs is 1. The molecule has 28 heavy (non-hydrogen) atoms. The van der Waals surface area contributed by atoms with Crippen molar-refractivity contribution in [3.63, 3.8) is 0 Å². The molecular weight excluding hydrogens is 391 g/mol. The molecule has 0 amide bonds. The van der Waals surface area contributed by atoms with Gasteiger partial charge in [0.15, 0.2) is 17.3 Å². The van der Waals surface area contributed by atoms with Crippen LogP contribution in [0.3, 0.4) is 0 Å². The molecule has 0 unspecified atom stereocenters. The number of hydrogen-bond donors (Lipinski definition) is 0. The van der Waals surface area contributed by atoms with Crippen LogP contribution in [0.5, 0.6) is 0 Å². The van der Waals surface area contributed by atoms with E-state index >= 15 is 0 Å². The summed E-state index contributed by atoms with van der Waals surface area (Å²) in [6, 6.07) is 1.24. The third kappa shape index (κ3) is 2.98. The first kappa shape index (κ1) is 19.2. The Labute approximate surface area is 163 Å². The normalized spacial score (nSPS) is 18.9. The molecule has 1 aromatic carbocycles. The molecule has 4 rings (SSSR count). The maximum absolute atomic E-state index is 14.1. The zero-order valence-corrected chi connectivity index (χ0v) is 16.4. The van der Waals surface area contributed by atoms with Gasteiger partial charge in [0, 0.05) is 33.1 Å². The zero-order chi connectivity index (χ0) is 20.4. The smallest absolute Gasteiger partial charge is 0.360 e. The highest BCUT2D eigenvalue weighted by Gasteiger charge is 2.47. The lowest BCUT2D eigenvalue weighted by Crippen LogP contribution is -2.34. The molecule has 0 radical (unpaired) electrons. The van der Waals surface area contributed by atoms with Gasteiger partial charge in [0.05, 0.1) is 17.3 Å². The molecule has 1 fully saturated rings. The second kappa shape index (κ2) is 6.20. The Morgan fingerprint density at radius 1 is 1.29 bits per heavy atom. The van der Waals surface area contributed by atoms with E-state index in [9.17, 15) is 22.8 Å². The number of thioether (sulfide) groups is 1. The van der Waals surface area contributed by atoms with E-state index in [4.69, 9.17) is 4.52 Å². The molecule has 1 aromatic heterocycles. The third-order valence-electron chi connectivity index (χ3n) is 5.20. The van der Waals surface area contributed by atoms with Crippen molar-refractivity contribution in [2.24, 2.45) is 5.41 Å². The Kier molecular flexibility index (Phi) is 4.26. The second-order valence-electron chi connectivity index (χ2n) is 8.03. The average Bonchev–Trinajstić information content (AvgIpc) is 3.33. The molecule has 2 aliphatic rings. The van der Waals surface area contributed by atoms with Crippen LogP contribution in [0.25, 0.3) is 0 Å². The minimum atomic E-state index is -4.84. The van der Waals surface area contributed by atoms with Crippen molar-refractivity contribution in [3.05, 3.63) is 45.8 Å². The first-order chi connectivity index (χ1) is 13.0. The summed E-state index contributed by atoms with van der Waals surface area (Å²) in [7, 11) is 0. The standard InChI is InChI=1S/C20H18F3NO3S/c1-9-6-11(15(25)12-7-24-27-16(12)10-4-5-10)14(20(21,22)23)13-17(9)28-8-19(2,3)18(13)26/h6-7,10H,4-5,8H2,1-3H3. The van der Waals surface area contributed by atoms with E-state index in [2.05, 4.69) is 5.16 Å². The minimum Gasteiger partial charge on any atom is -0.360 e. The van der Waals surface area contributed by atoms with Gasteiger partial charge < -0.3 is 4.52 Å². The number of nitrogens with zero attached hydrogens (tertiary/aromatic N) is 1. The van der Waals surface area contributed by atoms with Gasteiger partial charge >= 0.3 is 6.18 Å². The minimum absolute atomic E-state index is 0.0191. The van der Waals surface area contributed by atoms with E-state index in [0.29, 0.717) is 22.0 Å². The Morgan fingerprint density at radius 2 is 1.96 bits per heavy atom. The summed E-state index contributed by atoms with van der Waals surface area (Å²) < 4.78 is 47.5. The lowest BCUT2D eigenvalue weighted by atomic mass is 9.81. The van der Waals surface area contributed by atoms with Gasteiger partial charge in [-0.2, -0.15) is 13.2 Å². The van der Waals surface area contributed by atoms with Crippen LogP contribution in [0.15, 0.2) is 21.7 Å². The fraction of sp³-hybridized carbons (Fsp3) is 0.450. The Bertz CT molecular complexity index is 1000. The topological polar surface area (TPSA) is 60.2 Å². The zero-order valence-electron chi connectivity index (χ0n) is 15.6. The molecule has 2 aromatic rings. The van der Waals surface area contributed by atoms with E-state index in [-0.39, 0.29) is 17.0 Å². The van der Waals surface area contributed by atoms with Crippen LogP contribution in [0.1, 0.15) is 75.8 Å². The highest BCUT2D eigenvalue weighted by molar-refractivity contribution is 7.99. The van der Waals surface area contributed by atoms with Crippen LogP contribution in [0.2, 0.25) is 0 Å². The molecule has 0 spiro atoms. The summed E-state index contributed by atoms with van der Waals surface area (Å²) in [5, 5.41) is 3.62. The number of carbonyl (C=O) groups excluding carboxylic acids is 2. The van der Waals surface area contributed by atoms with Crippen LogP contribution in [0.4, 0.5) is 13.2 Å². The fourth-order valence-corrected chi connectivity index (χ4v) is 4.80. The number of benzene rings is 1. The Balaban J connectivity index is 1.97. The number of aryl methyl sites for hydroxylation is 1. The largest absolute Gasteiger partial charge is 0.417 e. The van der Waals surface area contributed by atoms with Crippen molar-refractivity contribution in [1.82, 2.24) is 5.16 Å². The van der Waals surface area contributed by atoms with Crippen molar-refractivity contribution in [2.45, 2.75) is 50.6 Å². The van der Waals surface area contributed by atoms with Gasteiger partial charge in [-0.15, -0.1) is 11.8 Å². The molecular formula is C20H18F3NO3S. The molecule has 1 saturated carbocycles. The van der Waals surface area contributed by atoms with Crippen LogP contribution in [-0.2, 0) is 6.18 Å². The molecule has 0 N–H and O–H groups in total. The quantitative estimate of drug-likeness (QED) is 0.633. The number of carbonyl (C=O) groups is 2. The van der Waals surface area contributed by atoms with Crippen LogP contribution < -0.4 is 0 Å². The first-order valence-electron chi connectivity index (χ1n) is 8.94. The SMILES string of the molecule is Cc1cc(C(=O)c2cnoc2C2CC2)c(C(F)(F)F)c2c1SCC(C)(C)C2=O. The van der Waals surface area contributed by atoms with E-state index in [1.807, 2.05) is 0 Å². The van der Waals surface area contributed by atoms with Crippen molar-refractivity contribution < 1.29 is 27.3 Å². The summed E-state index contributed by atoms with van der Waals surface area (Å²) in [5.41, 5.74) is -2.46. The van der Waals surface area contributed by atoms with Gasteiger partial charge in [0.2, 0.25) is 0 Å². The number of aromatic nitrogens is 1. The average molecular weight is 409 g/mol. The first-order valence-corrected chi connectivity index (χ1v) is 9.92. The molecule has 148 valence electrons. The summed E-state index contributed by atoms with van der Waals surface area (Å²) in [4.78, 5) is 26.4. The van der Waals surface area contributed by atoms with Gasteiger partial charge in [-0.25, -0.2) is 0 Å². The van der Waals surface area contributed by atoms with Gasteiger partial charge in [-0.05, 0) is 31.4 Å². The Morgan fingerprint density at radius 3 is 2.57 bits per heavy atom. The molecule has 0 atom stereocenters. The van der Waals surface area contributed by atoms with Crippen molar-refractivity contribution in [2.75, 3.05) is 5.75 Å². The van der Waals surface area contributed by atoms with Crippen molar-refractivity contribution in [1.29, 1.82) is 0 Å². The maximum atomic E-state index is 14.1. The highest BCUT2D eigenvalue weighted by atomic mass is 32.2. The molecule has 1 aliphatic heterocycles. The van der Waals surface area contributed by atoms with Crippen molar-refractivity contribution in [3.8, 4) is 0 Å². The van der Waals surface area contributed by atoms with Crippen LogP contribution in [-0.4, -0.2) is 22.5 Å². The third-order valence-corrected chi connectivity index (χ3v) is 6.88. The Hall–Kier alpha value is -2.09. The van der Waals surface area contributed by atoms with Gasteiger partial charge in [0.25, 0.3) is 0 Å². The number of rotatable bonds is 3. The predicted octanol–water partition coefficient (Wildman–Crippen LogP) is 5.42. The fourth-order valence-electron chi connectivity index (χ4n) is 3.54. The number of halogens is 3. The van der Waals surface area contributed by atoms with Gasteiger partial charge in [-0.3, -0.25) is 9.59 Å². The monoisotopic (exact) mass is 409 g/mol. The number of Topliss-reactive ketones (excluding diaryl/α,β-unsaturated/α-hetero) is 1. The number of hydrogen-bond acceptors (Lipinski definition) is 5. The predicted molar refractivity (Wildman–Crippen MR) is 96.9 cm³/mol. The van der Waals surface area contributed by atoms with Gasteiger partial charge in [0.1, 0.15) is 0 Å². The molecule has 8 heteroatoms. The lowest BCUT2D eigenvalue weighted by molar-refractivity contribution is -0.138. The van der Waals surface area contributed by atoms with E-state index in [1.165, 1.54) is 24.0 Å². The summed E-state index contributed by atoms with van der Waals surface area (Å²) in [6.45, 7) is 4.88. The molecule has 1 aliphatic carbocycles. The lowest BCUT2D eigenvalue weighted by Gasteiger charge is -2.32. The van der Waals surface area contributed by atoms with E-state index in [0.717, 1.165) is 12.8 Å². The maximum Gasteiger partial charge on any atom is 0.417 e. The summed E-state index contributed by atoms with van der Waals surface area (Å²) in [6.07, 6.45) is -2.04. The molecule has 0 saturated heterocycles. The molecule has 4 nitrogen and oxygen atoms in total. The van der Waals surface area contributed by atoms with Crippen LogP contribution >= 0.6 is 11.8 Å². The molecule has 2 heterocycles. The van der Waals surface area contributed by atoms with E-state index in [1.54, 1.807) is 20.8 Å². The molecule has 0 bridgehead atoms. The number of alkyl halides is 3. The summed E-state index contributed by atoms with van der Waals surface area (Å²) in [5.74, 6) is -0.649. The second-order valence-corrected chi connectivity index (χ2v) is 9.01. The number of ketones is 2. The van der Waals surface area contributed by atoms with Gasteiger partial charge in [-0.1, -0.05) is 19.0 Å².